The molecule has 0 saturated carbocycles. The molecular formula is C17H30N2O4. The molecule has 0 amide bonds. The third-order valence-corrected chi connectivity index (χ3v) is 3.32. The minimum atomic E-state index is -0.554. The number of ether oxygens (including phenoxy) is 2. The average Bonchev–Trinajstić information content (AvgIpc) is 2.53. The number of carbonyl (C=O) groups is 2. The molecule has 0 saturated heterocycles. The first-order chi connectivity index (χ1) is 10.8. The smallest absolute Gasteiger partial charge is 0.330 e. The van der Waals surface area contributed by atoms with Crippen molar-refractivity contribution >= 4 is 18.2 Å². The van der Waals surface area contributed by atoms with Gasteiger partial charge in [-0.05, 0) is 52.8 Å². The number of esters is 2. The molecule has 6 heteroatoms. The van der Waals surface area contributed by atoms with Gasteiger partial charge in [-0.25, -0.2) is 9.59 Å². The summed E-state index contributed by atoms with van der Waals surface area (Å²) in [6.07, 6.45) is 6.09. The molecule has 6 nitrogen and oxygen atoms in total. The van der Waals surface area contributed by atoms with E-state index in [-0.39, 0.29) is 24.1 Å². The number of allylic oxidation sites excluding steroid dienone is 1. The zero-order valence-electron chi connectivity index (χ0n) is 15.0. The highest BCUT2D eigenvalue weighted by atomic mass is 16.5. The van der Waals surface area contributed by atoms with Crippen LogP contribution in [-0.2, 0) is 19.1 Å². The van der Waals surface area contributed by atoms with Crippen LogP contribution in [0.4, 0.5) is 0 Å². The summed E-state index contributed by atoms with van der Waals surface area (Å²) in [7, 11) is 0. The Bertz CT molecular complexity index is 421. The van der Waals surface area contributed by atoms with Gasteiger partial charge in [0.2, 0.25) is 0 Å². The van der Waals surface area contributed by atoms with E-state index in [1.807, 2.05) is 27.7 Å². The number of hydrogen-bond acceptors (Lipinski definition) is 6. The van der Waals surface area contributed by atoms with E-state index < -0.39 is 12.1 Å². The van der Waals surface area contributed by atoms with Crippen LogP contribution >= 0.6 is 0 Å². The molecule has 1 N–H and O–H groups in total. The van der Waals surface area contributed by atoms with Gasteiger partial charge in [-0.1, -0.05) is 13.8 Å². The lowest BCUT2D eigenvalue weighted by Gasteiger charge is -2.15. The van der Waals surface area contributed by atoms with Gasteiger partial charge in [0.25, 0.3) is 0 Å². The zero-order chi connectivity index (χ0) is 17.8. The molecule has 0 fully saturated rings. The summed E-state index contributed by atoms with van der Waals surface area (Å²) in [4.78, 5) is 27.4. The third kappa shape index (κ3) is 9.71. The Hall–Kier alpha value is -1.85. The molecule has 0 aromatic heterocycles. The SMILES string of the molecule is CCC(C)OC(=O)[C@H](C)N=C/C=C/N[C@@H](C)C(=O)OC(C)CC. The first kappa shape index (κ1) is 21.1. The molecule has 0 aromatic carbocycles. The molecule has 23 heavy (non-hydrogen) atoms. The second-order valence-electron chi connectivity index (χ2n) is 5.53. The van der Waals surface area contributed by atoms with Gasteiger partial charge in [-0.3, -0.25) is 4.99 Å². The van der Waals surface area contributed by atoms with Crippen LogP contribution in [-0.4, -0.2) is 42.4 Å². The number of rotatable bonds is 10. The summed E-state index contributed by atoms with van der Waals surface area (Å²) in [5, 5.41) is 2.89. The van der Waals surface area contributed by atoms with Crippen LogP contribution in [0.25, 0.3) is 0 Å². The third-order valence-electron chi connectivity index (χ3n) is 3.32. The molecule has 2 unspecified atom stereocenters. The summed E-state index contributed by atoms with van der Waals surface area (Å²) in [6.45, 7) is 11.0. The van der Waals surface area contributed by atoms with Crippen LogP contribution in [0.1, 0.15) is 54.4 Å². The van der Waals surface area contributed by atoms with E-state index in [1.165, 1.54) is 6.21 Å². The molecule has 132 valence electrons. The first-order valence-corrected chi connectivity index (χ1v) is 8.17. The van der Waals surface area contributed by atoms with Crippen molar-refractivity contribution in [2.45, 2.75) is 78.7 Å². The van der Waals surface area contributed by atoms with Crippen LogP contribution in [0.5, 0.6) is 0 Å². The Kier molecular flexibility index (Phi) is 10.7. The quantitative estimate of drug-likeness (QED) is 0.493. The van der Waals surface area contributed by atoms with E-state index in [0.717, 1.165) is 12.8 Å². The van der Waals surface area contributed by atoms with Gasteiger partial charge in [-0.2, -0.15) is 0 Å². The number of nitrogens with one attached hydrogen (secondary N) is 1. The minimum absolute atomic E-state index is 0.0883. The number of carbonyl (C=O) groups excluding carboxylic acids is 2. The Morgan fingerprint density at radius 3 is 2.04 bits per heavy atom. The molecule has 0 heterocycles. The molecule has 0 rings (SSSR count). The predicted octanol–water partition coefficient (Wildman–Crippen LogP) is 2.62. The van der Waals surface area contributed by atoms with E-state index in [4.69, 9.17) is 9.47 Å². The average molecular weight is 326 g/mol. The summed E-state index contributed by atoms with van der Waals surface area (Å²) in [6, 6.07) is -0.997. The molecule has 0 radical (unpaired) electrons. The van der Waals surface area contributed by atoms with Crippen LogP contribution in [0, 0.1) is 0 Å². The van der Waals surface area contributed by atoms with Crippen molar-refractivity contribution in [2.24, 2.45) is 4.99 Å². The van der Waals surface area contributed by atoms with Crippen LogP contribution in [0.3, 0.4) is 0 Å². The van der Waals surface area contributed by atoms with Gasteiger partial charge >= 0.3 is 11.9 Å². The van der Waals surface area contributed by atoms with Gasteiger partial charge in [-0.15, -0.1) is 0 Å². The van der Waals surface area contributed by atoms with E-state index in [1.54, 1.807) is 26.1 Å². The number of nitrogens with zero attached hydrogens (tertiary/aromatic N) is 1. The van der Waals surface area contributed by atoms with E-state index in [2.05, 4.69) is 10.3 Å². The van der Waals surface area contributed by atoms with Crippen molar-refractivity contribution in [1.29, 1.82) is 0 Å². The highest BCUT2D eigenvalue weighted by Gasteiger charge is 2.15. The standard InChI is InChI=1S/C17H30N2O4/c1-7-12(3)22-16(20)14(5)18-10-9-11-19-15(6)17(21)23-13(4)8-2/h9-15,18H,7-8H2,1-6H3/b10-9+,19-11?/t12?,13?,14-,15-/m0/s1. The van der Waals surface area contributed by atoms with Gasteiger partial charge in [0, 0.05) is 6.21 Å². The highest BCUT2D eigenvalue weighted by molar-refractivity contribution is 5.80. The molecule has 0 aliphatic rings. The van der Waals surface area contributed by atoms with Crippen molar-refractivity contribution in [3.63, 3.8) is 0 Å². The molecule has 0 aliphatic carbocycles. The van der Waals surface area contributed by atoms with Crippen LogP contribution < -0.4 is 5.32 Å². The zero-order valence-corrected chi connectivity index (χ0v) is 15.0. The molecule has 0 aliphatic heterocycles. The largest absolute Gasteiger partial charge is 0.461 e. The fourth-order valence-electron chi connectivity index (χ4n) is 1.31. The van der Waals surface area contributed by atoms with Gasteiger partial charge in [0.05, 0.1) is 12.2 Å². The molecule has 0 spiro atoms. The second-order valence-corrected chi connectivity index (χ2v) is 5.53. The first-order valence-electron chi connectivity index (χ1n) is 8.17. The van der Waals surface area contributed by atoms with Gasteiger partial charge in [0.1, 0.15) is 12.1 Å². The van der Waals surface area contributed by atoms with Crippen molar-refractivity contribution in [1.82, 2.24) is 5.32 Å². The Balaban J connectivity index is 4.17. The van der Waals surface area contributed by atoms with E-state index >= 15 is 0 Å². The van der Waals surface area contributed by atoms with Crippen LogP contribution in [0.2, 0.25) is 0 Å². The highest BCUT2D eigenvalue weighted by Crippen LogP contribution is 2.01. The summed E-state index contributed by atoms with van der Waals surface area (Å²) in [5.74, 6) is -0.645. The number of aliphatic imine (C=N–C) groups is 1. The maximum atomic E-state index is 11.7. The van der Waals surface area contributed by atoms with Crippen molar-refractivity contribution in [2.75, 3.05) is 0 Å². The maximum absolute atomic E-state index is 11.7. The second kappa shape index (κ2) is 11.7. The fourth-order valence-corrected chi connectivity index (χ4v) is 1.31. The normalized spacial score (nSPS) is 16.8. The Labute approximate surface area is 139 Å². The van der Waals surface area contributed by atoms with Gasteiger partial charge < -0.3 is 14.8 Å². The van der Waals surface area contributed by atoms with E-state index in [9.17, 15) is 9.59 Å². The summed E-state index contributed by atoms with van der Waals surface area (Å²) in [5.41, 5.74) is 0. The van der Waals surface area contributed by atoms with E-state index in [0.29, 0.717) is 0 Å². The Morgan fingerprint density at radius 1 is 1.00 bits per heavy atom. The molecular weight excluding hydrogens is 296 g/mol. The lowest BCUT2D eigenvalue weighted by molar-refractivity contribution is -0.150. The van der Waals surface area contributed by atoms with Crippen LogP contribution in [0.15, 0.2) is 17.3 Å². The molecule has 0 aromatic rings. The predicted molar refractivity (Wildman–Crippen MR) is 91.4 cm³/mol. The number of hydrogen-bond donors (Lipinski definition) is 1. The Morgan fingerprint density at radius 2 is 1.52 bits per heavy atom. The lowest BCUT2D eigenvalue weighted by atomic mass is 10.3. The van der Waals surface area contributed by atoms with Crippen molar-refractivity contribution < 1.29 is 19.1 Å². The van der Waals surface area contributed by atoms with Crippen molar-refractivity contribution in [3.8, 4) is 0 Å². The van der Waals surface area contributed by atoms with Crippen molar-refractivity contribution in [3.05, 3.63) is 12.3 Å². The summed E-state index contributed by atoms with van der Waals surface area (Å²) < 4.78 is 10.4. The lowest BCUT2D eigenvalue weighted by Crippen LogP contribution is -2.33. The fraction of sp³-hybridized carbons (Fsp3) is 0.706. The molecule has 0 bridgehead atoms. The van der Waals surface area contributed by atoms with Gasteiger partial charge in [0.15, 0.2) is 0 Å². The summed E-state index contributed by atoms with van der Waals surface area (Å²) >= 11 is 0. The maximum Gasteiger partial charge on any atom is 0.330 e. The minimum Gasteiger partial charge on any atom is -0.461 e. The topological polar surface area (TPSA) is 77.0 Å². The monoisotopic (exact) mass is 326 g/mol. The molecule has 4 atom stereocenters.